The maximum atomic E-state index is 11.7. The van der Waals surface area contributed by atoms with Crippen molar-refractivity contribution in [1.82, 2.24) is 5.32 Å². The molecular weight excluding hydrogens is 236 g/mol. The molecule has 4 nitrogen and oxygen atoms in total. The Morgan fingerprint density at radius 2 is 2.29 bits per heavy atom. The minimum Gasteiger partial charge on any atom is -0.395 e. The van der Waals surface area contributed by atoms with E-state index in [0.29, 0.717) is 11.3 Å². The van der Waals surface area contributed by atoms with Crippen molar-refractivity contribution >= 4 is 17.7 Å². The first-order chi connectivity index (χ1) is 8.05. The lowest BCUT2D eigenvalue weighted by Gasteiger charge is -2.27. The summed E-state index contributed by atoms with van der Waals surface area (Å²) in [6.45, 7) is 2.21. The fraction of sp³-hybridized carbons (Fsp3) is 0.917. The smallest absolute Gasteiger partial charge is 0.237 e. The standard InChI is InChI=1S/C12H22N2O2S/c1-8(7-15)17-10-4-5-12(6-10,11(13)16)14-9-2-3-9/h8-10,14-15H,2-7H2,1H3,(H2,13,16). The van der Waals surface area contributed by atoms with Crippen LogP contribution in [0.2, 0.25) is 0 Å². The number of rotatable bonds is 6. The van der Waals surface area contributed by atoms with Gasteiger partial charge in [0.2, 0.25) is 5.91 Å². The van der Waals surface area contributed by atoms with Crippen LogP contribution in [0.3, 0.4) is 0 Å². The molecule has 0 radical (unpaired) electrons. The van der Waals surface area contributed by atoms with Crippen LogP contribution in [-0.2, 0) is 4.79 Å². The van der Waals surface area contributed by atoms with Gasteiger partial charge in [-0.1, -0.05) is 6.92 Å². The first kappa shape index (κ1) is 13.2. The summed E-state index contributed by atoms with van der Waals surface area (Å²) >= 11 is 1.78. The predicted octanol–water partition coefficient (Wildman–Crippen LogP) is 0.629. The highest BCUT2D eigenvalue weighted by Crippen LogP contribution is 2.40. The quantitative estimate of drug-likeness (QED) is 0.653. The molecule has 2 saturated carbocycles. The average molecular weight is 258 g/mol. The van der Waals surface area contributed by atoms with E-state index >= 15 is 0 Å². The summed E-state index contributed by atoms with van der Waals surface area (Å²) in [5, 5.41) is 13.2. The number of carbonyl (C=O) groups excluding carboxylic acids is 1. The lowest BCUT2D eigenvalue weighted by atomic mass is 9.96. The first-order valence-corrected chi connectivity index (χ1v) is 7.34. The molecular formula is C12H22N2O2S. The number of carbonyl (C=O) groups is 1. The molecule has 0 aromatic rings. The van der Waals surface area contributed by atoms with Crippen molar-refractivity contribution < 1.29 is 9.90 Å². The molecule has 2 aliphatic rings. The van der Waals surface area contributed by atoms with Crippen LogP contribution in [0.4, 0.5) is 0 Å². The molecule has 2 fully saturated rings. The Labute approximate surface area is 107 Å². The van der Waals surface area contributed by atoms with Crippen molar-refractivity contribution in [3.8, 4) is 0 Å². The van der Waals surface area contributed by atoms with Crippen LogP contribution >= 0.6 is 11.8 Å². The number of amides is 1. The summed E-state index contributed by atoms with van der Waals surface area (Å²) in [7, 11) is 0. The van der Waals surface area contributed by atoms with Crippen molar-refractivity contribution in [3.05, 3.63) is 0 Å². The number of aliphatic hydroxyl groups is 1. The molecule has 98 valence electrons. The zero-order chi connectivity index (χ0) is 12.5. The Kier molecular flexibility index (Phi) is 4.00. The number of thioether (sulfide) groups is 1. The molecule has 0 spiro atoms. The number of hydrogen-bond donors (Lipinski definition) is 3. The van der Waals surface area contributed by atoms with E-state index in [-0.39, 0.29) is 17.8 Å². The number of nitrogens with two attached hydrogens (primary N) is 1. The summed E-state index contributed by atoms with van der Waals surface area (Å²) in [5.41, 5.74) is 5.10. The first-order valence-electron chi connectivity index (χ1n) is 6.39. The Morgan fingerprint density at radius 1 is 1.59 bits per heavy atom. The van der Waals surface area contributed by atoms with Crippen LogP contribution in [0.1, 0.15) is 39.0 Å². The van der Waals surface area contributed by atoms with E-state index in [1.165, 1.54) is 12.8 Å². The Hall–Kier alpha value is -0.260. The second-order valence-electron chi connectivity index (χ2n) is 5.36. The maximum absolute atomic E-state index is 11.7. The lowest BCUT2D eigenvalue weighted by molar-refractivity contribution is -0.124. The molecule has 17 heavy (non-hydrogen) atoms. The van der Waals surface area contributed by atoms with E-state index in [9.17, 15) is 4.79 Å². The number of primary amides is 1. The summed E-state index contributed by atoms with van der Waals surface area (Å²) in [6, 6.07) is 0.501. The fourth-order valence-electron chi connectivity index (χ4n) is 2.53. The number of hydrogen-bond acceptors (Lipinski definition) is 4. The highest BCUT2D eigenvalue weighted by atomic mass is 32.2. The van der Waals surface area contributed by atoms with Gasteiger partial charge in [-0.25, -0.2) is 0 Å². The van der Waals surface area contributed by atoms with E-state index in [1.807, 2.05) is 6.92 Å². The normalized spacial score (nSPS) is 34.8. The van der Waals surface area contributed by atoms with Gasteiger partial charge in [0.25, 0.3) is 0 Å². The molecule has 5 heteroatoms. The zero-order valence-electron chi connectivity index (χ0n) is 10.3. The largest absolute Gasteiger partial charge is 0.395 e. The summed E-state index contributed by atoms with van der Waals surface area (Å²) in [5.74, 6) is -0.204. The molecule has 2 aliphatic carbocycles. The van der Waals surface area contributed by atoms with Crippen LogP contribution in [0, 0.1) is 0 Å². The number of nitrogens with one attached hydrogen (secondary N) is 1. The summed E-state index contributed by atoms with van der Waals surface area (Å²) < 4.78 is 0. The van der Waals surface area contributed by atoms with Crippen molar-refractivity contribution in [2.75, 3.05) is 6.61 Å². The van der Waals surface area contributed by atoms with E-state index in [4.69, 9.17) is 10.8 Å². The van der Waals surface area contributed by atoms with Gasteiger partial charge in [0, 0.05) is 16.5 Å². The van der Waals surface area contributed by atoms with Gasteiger partial charge in [-0.05, 0) is 32.1 Å². The average Bonchev–Trinajstić information content (AvgIpc) is 2.99. The van der Waals surface area contributed by atoms with Gasteiger partial charge in [0.05, 0.1) is 12.1 Å². The molecule has 0 bridgehead atoms. The van der Waals surface area contributed by atoms with Gasteiger partial charge < -0.3 is 16.2 Å². The molecule has 3 atom stereocenters. The van der Waals surface area contributed by atoms with E-state index in [2.05, 4.69) is 5.32 Å². The van der Waals surface area contributed by atoms with Crippen molar-refractivity contribution in [3.63, 3.8) is 0 Å². The highest BCUT2D eigenvalue weighted by Gasteiger charge is 2.46. The summed E-state index contributed by atoms with van der Waals surface area (Å²) in [4.78, 5) is 11.7. The van der Waals surface area contributed by atoms with E-state index in [1.54, 1.807) is 11.8 Å². The van der Waals surface area contributed by atoms with Gasteiger partial charge in [-0.3, -0.25) is 4.79 Å². The van der Waals surface area contributed by atoms with Gasteiger partial charge in [-0.2, -0.15) is 11.8 Å². The van der Waals surface area contributed by atoms with Crippen molar-refractivity contribution in [1.29, 1.82) is 0 Å². The van der Waals surface area contributed by atoms with Crippen LogP contribution in [0.5, 0.6) is 0 Å². The molecule has 0 heterocycles. The van der Waals surface area contributed by atoms with E-state index < -0.39 is 5.54 Å². The Bertz CT molecular complexity index is 296. The van der Waals surface area contributed by atoms with E-state index in [0.717, 1.165) is 19.3 Å². The van der Waals surface area contributed by atoms with Crippen molar-refractivity contribution in [2.45, 2.75) is 61.1 Å². The third kappa shape index (κ3) is 3.14. The molecule has 3 unspecified atom stereocenters. The van der Waals surface area contributed by atoms with Gasteiger partial charge >= 0.3 is 0 Å². The highest BCUT2D eigenvalue weighted by molar-refractivity contribution is 8.00. The molecule has 0 aromatic heterocycles. The molecule has 4 N–H and O–H groups in total. The van der Waals surface area contributed by atoms with Crippen LogP contribution < -0.4 is 11.1 Å². The Balaban J connectivity index is 1.93. The molecule has 1 amide bonds. The summed E-state index contributed by atoms with van der Waals surface area (Å²) in [6.07, 6.45) is 5.00. The second-order valence-corrected chi connectivity index (χ2v) is 7.10. The molecule has 2 rings (SSSR count). The Morgan fingerprint density at radius 3 is 2.82 bits per heavy atom. The SMILES string of the molecule is CC(CO)SC1CCC(NC2CC2)(C(N)=O)C1. The molecule has 0 aromatic carbocycles. The second kappa shape index (κ2) is 5.16. The lowest BCUT2D eigenvalue weighted by Crippen LogP contribution is -2.54. The molecule has 0 saturated heterocycles. The third-order valence-corrected chi connectivity index (χ3v) is 5.08. The monoisotopic (exact) mass is 258 g/mol. The van der Waals surface area contributed by atoms with Crippen LogP contribution in [0.15, 0.2) is 0 Å². The van der Waals surface area contributed by atoms with Crippen LogP contribution in [0.25, 0.3) is 0 Å². The topological polar surface area (TPSA) is 75.3 Å². The van der Waals surface area contributed by atoms with Gasteiger partial charge in [0.15, 0.2) is 0 Å². The maximum Gasteiger partial charge on any atom is 0.237 e. The minimum absolute atomic E-state index is 0.195. The van der Waals surface area contributed by atoms with Crippen LogP contribution in [-0.4, -0.2) is 39.7 Å². The van der Waals surface area contributed by atoms with Crippen molar-refractivity contribution in [2.24, 2.45) is 5.73 Å². The third-order valence-electron chi connectivity index (χ3n) is 3.68. The fourth-order valence-corrected chi connectivity index (χ4v) is 3.91. The van der Waals surface area contributed by atoms with Gasteiger partial charge in [0.1, 0.15) is 0 Å². The van der Waals surface area contributed by atoms with Gasteiger partial charge in [-0.15, -0.1) is 0 Å². The minimum atomic E-state index is -0.478. The zero-order valence-corrected chi connectivity index (χ0v) is 11.1. The molecule has 0 aliphatic heterocycles. The predicted molar refractivity (Wildman–Crippen MR) is 69.9 cm³/mol. The number of aliphatic hydroxyl groups excluding tert-OH is 1.